The third-order valence-corrected chi connectivity index (χ3v) is 1.89. The number of carbonyl (C=O) groups is 1. The van der Waals surface area contributed by atoms with Crippen molar-refractivity contribution in [3.05, 3.63) is 34.9 Å². The van der Waals surface area contributed by atoms with E-state index < -0.39 is 0 Å². The summed E-state index contributed by atoms with van der Waals surface area (Å²) in [6.07, 6.45) is 5.31. The first-order chi connectivity index (χ1) is 6.20. The number of hydrogen-bond donors (Lipinski definition) is 1. The predicted octanol–water partition coefficient (Wildman–Crippen LogP) is 1.34. The molecule has 1 N–H and O–H groups in total. The van der Waals surface area contributed by atoms with Gasteiger partial charge in [-0.1, -0.05) is 18.1 Å². The first kappa shape index (κ1) is 9.34. The number of rotatable bonds is 1. The maximum absolute atomic E-state index is 11.3. The standard InChI is InChI=1S/C11H11NO/c1-4-9-8(2)6-5-7-10(9)11(13)12-3/h1,5-7H,2-3H3,(H,12,13). The fraction of sp³-hybridized carbons (Fsp3) is 0.182. The van der Waals surface area contributed by atoms with Gasteiger partial charge in [-0.3, -0.25) is 4.79 Å². The van der Waals surface area contributed by atoms with E-state index in [2.05, 4.69) is 11.2 Å². The summed E-state index contributed by atoms with van der Waals surface area (Å²) in [6.45, 7) is 1.89. The van der Waals surface area contributed by atoms with Crippen LogP contribution in [0, 0.1) is 19.3 Å². The van der Waals surface area contributed by atoms with E-state index in [0.717, 1.165) is 5.56 Å². The number of nitrogens with one attached hydrogen (secondary N) is 1. The van der Waals surface area contributed by atoms with Crippen molar-refractivity contribution in [3.63, 3.8) is 0 Å². The van der Waals surface area contributed by atoms with Gasteiger partial charge in [0.1, 0.15) is 0 Å². The fourth-order valence-electron chi connectivity index (χ4n) is 1.18. The molecule has 0 radical (unpaired) electrons. The molecule has 0 aromatic heterocycles. The van der Waals surface area contributed by atoms with Crippen molar-refractivity contribution in [3.8, 4) is 12.3 Å². The molecular weight excluding hydrogens is 162 g/mol. The van der Waals surface area contributed by atoms with Crippen molar-refractivity contribution in [2.75, 3.05) is 7.05 Å². The molecule has 0 saturated heterocycles. The normalized spacial score (nSPS) is 9.00. The summed E-state index contributed by atoms with van der Waals surface area (Å²) in [5.41, 5.74) is 2.18. The largest absolute Gasteiger partial charge is 0.355 e. The Labute approximate surface area is 78.0 Å². The van der Waals surface area contributed by atoms with Crippen LogP contribution in [0.2, 0.25) is 0 Å². The molecule has 0 fully saturated rings. The molecule has 66 valence electrons. The summed E-state index contributed by atoms with van der Waals surface area (Å²) in [5.74, 6) is 2.38. The van der Waals surface area contributed by atoms with Crippen LogP contribution < -0.4 is 5.32 Å². The predicted molar refractivity (Wildman–Crippen MR) is 52.5 cm³/mol. The van der Waals surface area contributed by atoms with E-state index in [9.17, 15) is 4.79 Å². The zero-order valence-corrected chi connectivity index (χ0v) is 7.72. The first-order valence-electron chi connectivity index (χ1n) is 3.99. The summed E-state index contributed by atoms with van der Waals surface area (Å²) in [5, 5.41) is 2.55. The Morgan fingerprint density at radius 2 is 2.23 bits per heavy atom. The minimum absolute atomic E-state index is 0.142. The Balaban J connectivity index is 3.30. The third kappa shape index (κ3) is 1.70. The minimum Gasteiger partial charge on any atom is -0.355 e. The molecule has 0 saturated carbocycles. The number of carbonyl (C=O) groups excluding carboxylic acids is 1. The van der Waals surface area contributed by atoms with Crippen molar-refractivity contribution in [2.45, 2.75) is 6.92 Å². The van der Waals surface area contributed by atoms with E-state index in [-0.39, 0.29) is 5.91 Å². The van der Waals surface area contributed by atoms with E-state index in [1.165, 1.54) is 0 Å². The monoisotopic (exact) mass is 173 g/mol. The third-order valence-electron chi connectivity index (χ3n) is 1.89. The minimum atomic E-state index is -0.142. The molecule has 0 bridgehead atoms. The molecule has 0 aliphatic heterocycles. The van der Waals surface area contributed by atoms with Crippen molar-refractivity contribution in [1.82, 2.24) is 5.32 Å². The number of amides is 1. The molecule has 0 aliphatic carbocycles. The van der Waals surface area contributed by atoms with Crippen LogP contribution in [0.25, 0.3) is 0 Å². The zero-order valence-electron chi connectivity index (χ0n) is 7.72. The second kappa shape index (κ2) is 3.77. The summed E-state index contributed by atoms with van der Waals surface area (Å²) in [6, 6.07) is 5.43. The van der Waals surface area contributed by atoms with Crippen LogP contribution in [-0.2, 0) is 0 Å². The van der Waals surface area contributed by atoms with Crippen LogP contribution in [0.15, 0.2) is 18.2 Å². The van der Waals surface area contributed by atoms with Gasteiger partial charge in [0.2, 0.25) is 0 Å². The summed E-state index contributed by atoms with van der Waals surface area (Å²) >= 11 is 0. The van der Waals surface area contributed by atoms with Gasteiger partial charge in [-0.2, -0.15) is 0 Å². The zero-order chi connectivity index (χ0) is 9.84. The van der Waals surface area contributed by atoms with Gasteiger partial charge < -0.3 is 5.32 Å². The average molecular weight is 173 g/mol. The van der Waals surface area contributed by atoms with Crippen LogP contribution in [0.4, 0.5) is 0 Å². The molecule has 0 atom stereocenters. The molecule has 1 aromatic carbocycles. The Bertz CT molecular complexity index is 374. The number of aryl methyl sites for hydroxylation is 1. The van der Waals surface area contributed by atoms with Gasteiger partial charge in [0.05, 0.1) is 5.56 Å². The lowest BCUT2D eigenvalue weighted by Gasteiger charge is -2.05. The molecular formula is C11H11NO. The van der Waals surface area contributed by atoms with E-state index in [4.69, 9.17) is 6.42 Å². The maximum Gasteiger partial charge on any atom is 0.252 e. The Morgan fingerprint density at radius 3 is 2.77 bits per heavy atom. The number of hydrogen-bond acceptors (Lipinski definition) is 1. The maximum atomic E-state index is 11.3. The highest BCUT2D eigenvalue weighted by Crippen LogP contribution is 2.12. The van der Waals surface area contributed by atoms with Crippen LogP contribution in [0.5, 0.6) is 0 Å². The topological polar surface area (TPSA) is 29.1 Å². The SMILES string of the molecule is C#Cc1c(C)cccc1C(=O)NC. The Kier molecular flexibility index (Phi) is 2.71. The van der Waals surface area contributed by atoms with E-state index in [0.29, 0.717) is 11.1 Å². The van der Waals surface area contributed by atoms with Gasteiger partial charge in [-0.05, 0) is 18.6 Å². The van der Waals surface area contributed by atoms with Crippen molar-refractivity contribution in [1.29, 1.82) is 0 Å². The van der Waals surface area contributed by atoms with Crippen molar-refractivity contribution in [2.24, 2.45) is 0 Å². The molecule has 0 spiro atoms. The molecule has 1 rings (SSSR count). The second-order valence-electron chi connectivity index (χ2n) is 2.72. The Morgan fingerprint density at radius 1 is 1.54 bits per heavy atom. The molecule has 1 amide bonds. The smallest absolute Gasteiger partial charge is 0.252 e. The van der Waals surface area contributed by atoms with E-state index >= 15 is 0 Å². The lowest BCUT2D eigenvalue weighted by Crippen LogP contribution is -2.19. The van der Waals surface area contributed by atoms with Gasteiger partial charge in [0, 0.05) is 12.6 Å². The van der Waals surface area contributed by atoms with Crippen molar-refractivity contribution < 1.29 is 4.79 Å². The lowest BCUT2D eigenvalue weighted by atomic mass is 10.0. The summed E-state index contributed by atoms with van der Waals surface area (Å²) in [4.78, 5) is 11.3. The number of terminal acetylenes is 1. The van der Waals surface area contributed by atoms with Crippen molar-refractivity contribution >= 4 is 5.91 Å². The highest BCUT2D eigenvalue weighted by atomic mass is 16.1. The summed E-state index contributed by atoms with van der Waals surface area (Å²) in [7, 11) is 1.59. The van der Waals surface area contributed by atoms with E-state index in [1.54, 1.807) is 13.1 Å². The second-order valence-corrected chi connectivity index (χ2v) is 2.72. The van der Waals surface area contributed by atoms with Gasteiger partial charge >= 0.3 is 0 Å². The van der Waals surface area contributed by atoms with Gasteiger partial charge in [-0.15, -0.1) is 6.42 Å². The van der Waals surface area contributed by atoms with Crippen LogP contribution >= 0.6 is 0 Å². The lowest BCUT2D eigenvalue weighted by molar-refractivity contribution is 0.0963. The summed E-state index contributed by atoms with van der Waals surface area (Å²) < 4.78 is 0. The first-order valence-corrected chi connectivity index (χ1v) is 3.99. The number of benzene rings is 1. The quantitative estimate of drug-likeness (QED) is 0.638. The van der Waals surface area contributed by atoms with Gasteiger partial charge in [0.25, 0.3) is 5.91 Å². The molecule has 0 aliphatic rings. The molecule has 13 heavy (non-hydrogen) atoms. The van der Waals surface area contributed by atoms with Crippen LogP contribution in [-0.4, -0.2) is 13.0 Å². The molecule has 2 nitrogen and oxygen atoms in total. The molecule has 0 unspecified atom stereocenters. The van der Waals surface area contributed by atoms with Gasteiger partial charge in [0.15, 0.2) is 0 Å². The fourth-order valence-corrected chi connectivity index (χ4v) is 1.18. The molecule has 1 aromatic rings. The van der Waals surface area contributed by atoms with E-state index in [1.807, 2.05) is 19.1 Å². The Hall–Kier alpha value is -1.75. The highest BCUT2D eigenvalue weighted by Gasteiger charge is 2.08. The molecule has 2 heteroatoms. The van der Waals surface area contributed by atoms with Crippen LogP contribution in [0.3, 0.4) is 0 Å². The van der Waals surface area contributed by atoms with Crippen LogP contribution in [0.1, 0.15) is 21.5 Å². The molecule has 0 heterocycles. The highest BCUT2D eigenvalue weighted by molar-refractivity contribution is 5.96. The average Bonchev–Trinajstić information content (AvgIpc) is 2.16. The van der Waals surface area contributed by atoms with Gasteiger partial charge in [-0.25, -0.2) is 0 Å².